The Labute approximate surface area is 165 Å². The lowest BCUT2D eigenvalue weighted by molar-refractivity contribution is -0.384. The number of nitro benzene ring substituents is 1. The van der Waals surface area contributed by atoms with Crippen molar-refractivity contribution in [1.29, 1.82) is 0 Å². The molecular weight excluding hydrogens is 376 g/mol. The molecule has 1 atom stereocenters. The van der Waals surface area contributed by atoms with Gasteiger partial charge in [-0.05, 0) is 24.6 Å². The first-order valence-electron chi connectivity index (χ1n) is 8.77. The van der Waals surface area contributed by atoms with Gasteiger partial charge in [0.05, 0.1) is 11.1 Å². The van der Waals surface area contributed by atoms with Crippen molar-refractivity contribution in [3.8, 4) is 11.3 Å². The van der Waals surface area contributed by atoms with E-state index >= 15 is 0 Å². The number of urea groups is 1. The first-order valence-corrected chi connectivity index (χ1v) is 8.77. The van der Waals surface area contributed by atoms with E-state index in [0.717, 1.165) is 10.5 Å². The van der Waals surface area contributed by atoms with Crippen LogP contribution in [0.3, 0.4) is 0 Å². The Morgan fingerprint density at radius 2 is 1.83 bits per heavy atom. The first kappa shape index (κ1) is 18.4. The van der Waals surface area contributed by atoms with Crippen molar-refractivity contribution in [2.45, 2.75) is 19.0 Å². The number of rotatable bonds is 5. The number of carbonyl (C=O) groups is 2. The van der Waals surface area contributed by atoms with Crippen LogP contribution < -0.4 is 5.32 Å². The SMILES string of the molecule is C[C@]1(c2ccc([N+](=O)[O-])cc2)NC(=O)N(Cc2ncc(-c3ccccc3)o2)C1=O. The van der Waals surface area contributed by atoms with Crippen LogP contribution in [-0.2, 0) is 16.9 Å². The average molecular weight is 392 g/mol. The number of hydrogen-bond acceptors (Lipinski definition) is 6. The minimum absolute atomic E-state index is 0.0980. The molecule has 0 unspecified atom stereocenters. The lowest BCUT2D eigenvalue weighted by Crippen LogP contribution is -2.40. The van der Waals surface area contributed by atoms with Gasteiger partial charge >= 0.3 is 6.03 Å². The van der Waals surface area contributed by atoms with Crippen LogP contribution in [0.15, 0.2) is 65.2 Å². The number of non-ortho nitro benzene ring substituents is 1. The van der Waals surface area contributed by atoms with Crippen molar-refractivity contribution in [3.05, 3.63) is 82.4 Å². The van der Waals surface area contributed by atoms with Crippen LogP contribution in [0.2, 0.25) is 0 Å². The Bertz CT molecular complexity index is 1090. The molecule has 1 N–H and O–H groups in total. The Hall–Kier alpha value is -4.01. The maximum absolute atomic E-state index is 13.0. The second-order valence-electron chi connectivity index (χ2n) is 6.73. The van der Waals surface area contributed by atoms with Crippen molar-refractivity contribution in [1.82, 2.24) is 15.2 Å². The topological polar surface area (TPSA) is 119 Å². The molecule has 2 heterocycles. The highest BCUT2D eigenvalue weighted by Gasteiger charge is 2.49. The van der Waals surface area contributed by atoms with E-state index in [2.05, 4.69) is 10.3 Å². The molecule has 0 saturated carbocycles. The number of imide groups is 1. The van der Waals surface area contributed by atoms with Crippen LogP contribution in [0.1, 0.15) is 18.4 Å². The van der Waals surface area contributed by atoms with Crippen molar-refractivity contribution in [2.24, 2.45) is 0 Å². The molecule has 0 radical (unpaired) electrons. The molecule has 0 aliphatic carbocycles. The number of nitrogens with one attached hydrogen (secondary N) is 1. The third kappa shape index (κ3) is 3.22. The lowest BCUT2D eigenvalue weighted by atomic mass is 9.92. The molecule has 1 saturated heterocycles. The molecule has 4 rings (SSSR count). The Morgan fingerprint density at radius 3 is 2.48 bits per heavy atom. The molecule has 1 aliphatic rings. The Kier molecular flexibility index (Phi) is 4.34. The predicted octanol–water partition coefficient (Wildman–Crippen LogP) is 3.22. The summed E-state index contributed by atoms with van der Waals surface area (Å²) < 4.78 is 5.68. The van der Waals surface area contributed by atoms with Gasteiger partial charge in [0.2, 0.25) is 5.89 Å². The molecule has 0 spiro atoms. The average Bonchev–Trinajstić information content (AvgIpc) is 3.28. The molecule has 1 aromatic heterocycles. The fraction of sp³-hybridized carbons (Fsp3) is 0.150. The number of nitro groups is 1. The first-order chi connectivity index (χ1) is 13.9. The van der Waals surface area contributed by atoms with Crippen molar-refractivity contribution >= 4 is 17.6 Å². The molecule has 9 nitrogen and oxygen atoms in total. The number of aromatic nitrogens is 1. The normalized spacial score (nSPS) is 18.7. The molecule has 0 bridgehead atoms. The minimum atomic E-state index is -1.33. The number of amides is 3. The Morgan fingerprint density at radius 1 is 1.14 bits per heavy atom. The van der Waals surface area contributed by atoms with Crippen LogP contribution in [-0.4, -0.2) is 26.7 Å². The van der Waals surface area contributed by atoms with Gasteiger partial charge in [0.25, 0.3) is 11.6 Å². The van der Waals surface area contributed by atoms with E-state index in [1.54, 1.807) is 13.1 Å². The number of benzene rings is 2. The molecule has 1 fully saturated rings. The van der Waals surface area contributed by atoms with Gasteiger partial charge < -0.3 is 9.73 Å². The van der Waals surface area contributed by atoms with Gasteiger partial charge in [0, 0.05) is 17.7 Å². The molecule has 9 heteroatoms. The Balaban J connectivity index is 1.55. The molecule has 3 amide bonds. The maximum atomic E-state index is 13.0. The fourth-order valence-corrected chi connectivity index (χ4v) is 3.21. The van der Waals surface area contributed by atoms with Gasteiger partial charge in [-0.1, -0.05) is 30.3 Å². The largest absolute Gasteiger partial charge is 0.439 e. The van der Waals surface area contributed by atoms with E-state index in [9.17, 15) is 19.7 Å². The molecule has 29 heavy (non-hydrogen) atoms. The summed E-state index contributed by atoms with van der Waals surface area (Å²) in [5.41, 5.74) is -0.152. The van der Waals surface area contributed by atoms with E-state index in [0.29, 0.717) is 11.3 Å². The van der Waals surface area contributed by atoms with Gasteiger partial charge in [-0.2, -0.15) is 0 Å². The fourth-order valence-electron chi connectivity index (χ4n) is 3.21. The summed E-state index contributed by atoms with van der Waals surface area (Å²) in [5.74, 6) is 0.266. The summed E-state index contributed by atoms with van der Waals surface area (Å²) >= 11 is 0. The summed E-state index contributed by atoms with van der Waals surface area (Å²) in [6, 6.07) is 14.3. The maximum Gasteiger partial charge on any atom is 0.325 e. The smallest absolute Gasteiger partial charge is 0.325 e. The highest BCUT2D eigenvalue weighted by atomic mass is 16.6. The standard InChI is InChI=1S/C20H16N4O5/c1-20(14-7-9-15(10-8-14)24(27)28)18(25)23(19(26)22-20)12-17-21-11-16(29-17)13-5-3-2-4-6-13/h2-11H,12H2,1H3,(H,22,26)/t20-/m1/s1. The van der Waals surface area contributed by atoms with Crippen LogP contribution in [0, 0.1) is 10.1 Å². The summed E-state index contributed by atoms with van der Waals surface area (Å²) in [6.45, 7) is 1.43. The number of carbonyl (C=O) groups excluding carboxylic acids is 2. The van der Waals surface area contributed by atoms with Crippen LogP contribution in [0.25, 0.3) is 11.3 Å². The summed E-state index contributed by atoms with van der Waals surface area (Å²) in [4.78, 5) is 40.9. The molecule has 146 valence electrons. The van der Waals surface area contributed by atoms with Crippen LogP contribution in [0.4, 0.5) is 10.5 Å². The molecule has 2 aromatic carbocycles. The van der Waals surface area contributed by atoms with Crippen molar-refractivity contribution < 1.29 is 18.9 Å². The third-order valence-corrected chi connectivity index (χ3v) is 4.84. The second-order valence-corrected chi connectivity index (χ2v) is 6.73. The molecule has 3 aromatic rings. The van der Waals surface area contributed by atoms with Gasteiger partial charge in [-0.25, -0.2) is 9.78 Å². The zero-order valence-corrected chi connectivity index (χ0v) is 15.4. The van der Waals surface area contributed by atoms with Gasteiger partial charge in [0.1, 0.15) is 12.1 Å². The number of nitrogens with zero attached hydrogens (tertiary/aromatic N) is 3. The second kappa shape index (κ2) is 6.86. The van der Waals surface area contributed by atoms with Gasteiger partial charge in [-0.3, -0.25) is 19.8 Å². The molecular formula is C20H16N4O5. The van der Waals surface area contributed by atoms with E-state index in [4.69, 9.17) is 4.42 Å². The number of oxazole rings is 1. The van der Waals surface area contributed by atoms with Crippen LogP contribution >= 0.6 is 0 Å². The van der Waals surface area contributed by atoms with E-state index in [1.807, 2.05) is 30.3 Å². The summed E-state index contributed by atoms with van der Waals surface area (Å²) in [7, 11) is 0. The summed E-state index contributed by atoms with van der Waals surface area (Å²) in [6.07, 6.45) is 1.54. The highest BCUT2D eigenvalue weighted by molar-refractivity contribution is 6.07. The minimum Gasteiger partial charge on any atom is -0.439 e. The zero-order valence-electron chi connectivity index (χ0n) is 15.4. The monoisotopic (exact) mass is 392 g/mol. The van der Waals surface area contributed by atoms with Crippen molar-refractivity contribution in [3.63, 3.8) is 0 Å². The summed E-state index contributed by atoms with van der Waals surface area (Å²) in [5, 5.41) is 13.5. The quantitative estimate of drug-likeness (QED) is 0.405. The van der Waals surface area contributed by atoms with E-state index < -0.39 is 22.4 Å². The predicted molar refractivity (Wildman–Crippen MR) is 101 cm³/mol. The van der Waals surface area contributed by atoms with Crippen molar-refractivity contribution in [2.75, 3.05) is 0 Å². The van der Waals surface area contributed by atoms with E-state index in [1.165, 1.54) is 24.3 Å². The van der Waals surface area contributed by atoms with E-state index in [-0.39, 0.29) is 18.1 Å². The lowest BCUT2D eigenvalue weighted by Gasteiger charge is -2.21. The highest BCUT2D eigenvalue weighted by Crippen LogP contribution is 2.31. The van der Waals surface area contributed by atoms with Gasteiger partial charge in [-0.15, -0.1) is 0 Å². The van der Waals surface area contributed by atoms with Crippen LogP contribution in [0.5, 0.6) is 0 Å². The number of hydrogen-bond donors (Lipinski definition) is 1. The van der Waals surface area contributed by atoms with Gasteiger partial charge in [0.15, 0.2) is 5.76 Å². The third-order valence-electron chi connectivity index (χ3n) is 4.84. The molecule has 1 aliphatic heterocycles. The zero-order chi connectivity index (χ0) is 20.6.